The minimum Gasteiger partial charge on any atom is -0.481 e. The molecule has 18 heavy (non-hydrogen) atoms. The molecule has 0 fully saturated rings. The van der Waals surface area contributed by atoms with Crippen molar-refractivity contribution in [1.29, 1.82) is 0 Å². The molecule has 1 aromatic rings. The van der Waals surface area contributed by atoms with Crippen LogP contribution in [0.4, 0.5) is 0 Å². The number of aliphatic carboxylic acids is 1. The van der Waals surface area contributed by atoms with E-state index < -0.39 is 21.9 Å². The van der Waals surface area contributed by atoms with Gasteiger partial charge >= 0.3 is 5.97 Å². The Hall–Kier alpha value is -0.920. The van der Waals surface area contributed by atoms with Crippen LogP contribution in [-0.2, 0) is 14.8 Å². The van der Waals surface area contributed by atoms with Gasteiger partial charge in [-0.3, -0.25) is 4.79 Å². The summed E-state index contributed by atoms with van der Waals surface area (Å²) in [6.07, 6.45) is 0. The van der Waals surface area contributed by atoms with Crippen LogP contribution >= 0.6 is 11.3 Å². The number of nitrogens with zero attached hydrogens (tertiary/aromatic N) is 1. The minimum atomic E-state index is -3.60. The Morgan fingerprint density at radius 3 is 2.44 bits per heavy atom. The Morgan fingerprint density at radius 2 is 2.06 bits per heavy atom. The van der Waals surface area contributed by atoms with E-state index in [0.29, 0.717) is 0 Å². The summed E-state index contributed by atoms with van der Waals surface area (Å²) < 4.78 is 25.6. The zero-order chi connectivity index (χ0) is 14.1. The summed E-state index contributed by atoms with van der Waals surface area (Å²) in [5.41, 5.74) is 0. The van der Waals surface area contributed by atoms with Gasteiger partial charge < -0.3 is 5.11 Å². The Kier molecular flexibility index (Phi) is 4.52. The molecule has 0 aromatic carbocycles. The maximum Gasteiger partial charge on any atom is 0.307 e. The second kappa shape index (κ2) is 5.38. The van der Waals surface area contributed by atoms with Gasteiger partial charge in [-0.1, -0.05) is 6.92 Å². The highest BCUT2D eigenvalue weighted by molar-refractivity contribution is 7.89. The van der Waals surface area contributed by atoms with Crippen molar-refractivity contribution in [3.63, 3.8) is 0 Å². The first-order chi connectivity index (χ1) is 8.16. The van der Waals surface area contributed by atoms with Crippen molar-refractivity contribution in [3.05, 3.63) is 15.8 Å². The molecule has 1 unspecified atom stereocenters. The number of hydrogen-bond donors (Lipinski definition) is 1. The van der Waals surface area contributed by atoms with Crippen molar-refractivity contribution >= 4 is 27.3 Å². The number of rotatable bonds is 5. The van der Waals surface area contributed by atoms with E-state index in [4.69, 9.17) is 5.11 Å². The first-order valence-corrected chi connectivity index (χ1v) is 7.68. The second-order valence-electron chi connectivity index (χ2n) is 4.30. The third-order valence-corrected chi connectivity index (χ3v) is 5.68. The maximum atomic E-state index is 12.3. The first-order valence-electron chi connectivity index (χ1n) is 5.42. The molecule has 0 saturated heterocycles. The van der Waals surface area contributed by atoms with Crippen molar-refractivity contribution in [3.8, 4) is 0 Å². The number of aryl methyl sites for hydroxylation is 2. The highest BCUT2D eigenvalue weighted by atomic mass is 32.2. The van der Waals surface area contributed by atoms with Gasteiger partial charge in [0.1, 0.15) is 0 Å². The van der Waals surface area contributed by atoms with E-state index in [-0.39, 0.29) is 11.4 Å². The summed E-state index contributed by atoms with van der Waals surface area (Å²) in [7, 11) is -2.19. The lowest BCUT2D eigenvalue weighted by Crippen LogP contribution is -2.33. The fourth-order valence-corrected chi connectivity index (χ4v) is 4.37. The molecule has 1 aromatic heterocycles. The Morgan fingerprint density at radius 1 is 1.50 bits per heavy atom. The average molecular weight is 291 g/mol. The fourth-order valence-electron chi connectivity index (χ4n) is 1.59. The fraction of sp³-hybridized carbons (Fsp3) is 0.545. The molecule has 7 heteroatoms. The molecule has 0 amide bonds. The molecular weight excluding hydrogens is 274 g/mol. The van der Waals surface area contributed by atoms with Crippen LogP contribution < -0.4 is 0 Å². The van der Waals surface area contributed by atoms with Gasteiger partial charge in [-0.05, 0) is 19.9 Å². The van der Waals surface area contributed by atoms with E-state index in [2.05, 4.69) is 0 Å². The van der Waals surface area contributed by atoms with Gasteiger partial charge in [0.05, 0.1) is 10.8 Å². The van der Waals surface area contributed by atoms with Crippen LogP contribution in [0, 0.1) is 19.8 Å². The lowest BCUT2D eigenvalue weighted by Gasteiger charge is -2.19. The van der Waals surface area contributed by atoms with Crippen molar-refractivity contribution in [2.24, 2.45) is 5.92 Å². The van der Waals surface area contributed by atoms with E-state index in [1.54, 1.807) is 13.0 Å². The molecule has 0 bridgehead atoms. The maximum absolute atomic E-state index is 12.3. The quantitative estimate of drug-likeness (QED) is 0.896. The third kappa shape index (κ3) is 3.09. The summed E-state index contributed by atoms with van der Waals surface area (Å²) >= 11 is 1.42. The molecule has 0 aliphatic carbocycles. The van der Waals surface area contributed by atoms with E-state index in [1.165, 1.54) is 25.3 Å². The molecule has 0 radical (unpaired) electrons. The Balaban J connectivity index is 3.00. The molecule has 1 heterocycles. The molecule has 1 rings (SSSR count). The second-order valence-corrected chi connectivity index (χ2v) is 7.78. The lowest BCUT2D eigenvalue weighted by atomic mass is 10.2. The van der Waals surface area contributed by atoms with Crippen LogP contribution in [0.2, 0.25) is 0 Å². The summed E-state index contributed by atoms with van der Waals surface area (Å²) in [6.45, 7) is 5.04. The van der Waals surface area contributed by atoms with Gasteiger partial charge in [0.2, 0.25) is 10.0 Å². The smallest absolute Gasteiger partial charge is 0.307 e. The number of carbonyl (C=O) groups is 1. The number of carboxylic acid groups (broad SMARTS) is 1. The van der Waals surface area contributed by atoms with Crippen molar-refractivity contribution in [2.75, 3.05) is 13.6 Å². The molecule has 0 saturated carbocycles. The molecular formula is C11H17NO4S2. The highest BCUT2D eigenvalue weighted by Crippen LogP contribution is 2.27. The number of carboxylic acids is 1. The van der Waals surface area contributed by atoms with Crippen LogP contribution in [0.1, 0.15) is 16.7 Å². The Bertz CT molecular complexity index is 547. The largest absolute Gasteiger partial charge is 0.481 e. The number of hydrogen-bond acceptors (Lipinski definition) is 4. The SMILES string of the molecule is Cc1cc(S(=O)(=O)N(C)CC(C)C(=O)O)c(C)s1. The van der Waals surface area contributed by atoms with E-state index in [9.17, 15) is 13.2 Å². The number of sulfonamides is 1. The van der Waals surface area contributed by atoms with Crippen molar-refractivity contribution < 1.29 is 18.3 Å². The predicted molar refractivity (Wildman–Crippen MR) is 70.4 cm³/mol. The molecule has 5 nitrogen and oxygen atoms in total. The van der Waals surface area contributed by atoms with Crippen LogP contribution in [0.5, 0.6) is 0 Å². The summed E-state index contributed by atoms with van der Waals surface area (Å²) in [4.78, 5) is 12.7. The van der Waals surface area contributed by atoms with Gasteiger partial charge in [-0.15, -0.1) is 11.3 Å². The summed E-state index contributed by atoms with van der Waals surface area (Å²) in [5.74, 6) is -1.74. The first kappa shape index (κ1) is 15.1. The summed E-state index contributed by atoms with van der Waals surface area (Å²) in [6, 6.07) is 1.62. The molecule has 0 aliphatic heterocycles. The normalized spacial score (nSPS) is 13.8. The molecule has 0 aliphatic rings. The summed E-state index contributed by atoms with van der Waals surface area (Å²) in [5, 5.41) is 8.81. The standard InChI is InChI=1S/C11H17NO4S2/c1-7(11(13)14)6-12(4)18(15,16)10-5-8(2)17-9(10)3/h5,7H,6H2,1-4H3,(H,13,14). The van der Waals surface area contributed by atoms with E-state index in [1.807, 2.05) is 6.92 Å². The van der Waals surface area contributed by atoms with Crippen LogP contribution in [0.3, 0.4) is 0 Å². The average Bonchev–Trinajstić information content (AvgIpc) is 2.57. The molecule has 1 N–H and O–H groups in total. The van der Waals surface area contributed by atoms with Crippen LogP contribution in [-0.4, -0.2) is 37.4 Å². The molecule has 1 atom stereocenters. The molecule has 102 valence electrons. The van der Waals surface area contributed by atoms with Crippen molar-refractivity contribution in [2.45, 2.75) is 25.7 Å². The van der Waals surface area contributed by atoms with Gasteiger partial charge in [-0.25, -0.2) is 12.7 Å². The van der Waals surface area contributed by atoms with E-state index >= 15 is 0 Å². The number of thiophene rings is 1. The Labute approximate surface area is 111 Å². The van der Waals surface area contributed by atoms with Gasteiger partial charge in [-0.2, -0.15) is 0 Å². The van der Waals surface area contributed by atoms with Crippen LogP contribution in [0.25, 0.3) is 0 Å². The van der Waals surface area contributed by atoms with Gasteiger partial charge in [0.15, 0.2) is 0 Å². The van der Waals surface area contributed by atoms with E-state index in [0.717, 1.165) is 14.1 Å². The predicted octanol–water partition coefficient (Wildman–Crippen LogP) is 1.71. The topological polar surface area (TPSA) is 74.7 Å². The zero-order valence-electron chi connectivity index (χ0n) is 10.8. The van der Waals surface area contributed by atoms with Crippen LogP contribution in [0.15, 0.2) is 11.0 Å². The molecule has 0 spiro atoms. The third-order valence-electron chi connectivity index (χ3n) is 2.64. The van der Waals surface area contributed by atoms with Crippen molar-refractivity contribution in [1.82, 2.24) is 4.31 Å². The monoisotopic (exact) mass is 291 g/mol. The van der Waals surface area contributed by atoms with Gasteiger partial charge in [0, 0.05) is 23.3 Å². The van der Waals surface area contributed by atoms with Gasteiger partial charge in [0.25, 0.3) is 0 Å². The lowest BCUT2D eigenvalue weighted by molar-refractivity contribution is -0.141. The zero-order valence-corrected chi connectivity index (χ0v) is 12.4. The highest BCUT2D eigenvalue weighted by Gasteiger charge is 2.27. The minimum absolute atomic E-state index is 0.0357.